The Morgan fingerprint density at radius 3 is 2.40 bits per heavy atom. The number of hydrogen-bond acceptors (Lipinski definition) is 2. The second-order valence-corrected chi connectivity index (χ2v) is 4.06. The number of phenols is 1. The Balaban J connectivity index is 2.24. The van der Waals surface area contributed by atoms with Gasteiger partial charge in [-0.05, 0) is 24.3 Å². The fraction of sp³-hybridized carbons (Fsp3) is 0.143. The summed E-state index contributed by atoms with van der Waals surface area (Å²) in [6.45, 7) is -0.448. The molecule has 20 heavy (non-hydrogen) atoms. The van der Waals surface area contributed by atoms with Crippen molar-refractivity contribution in [1.82, 2.24) is 0 Å². The summed E-state index contributed by atoms with van der Waals surface area (Å²) in [7, 11) is 0. The van der Waals surface area contributed by atoms with Crippen molar-refractivity contribution in [2.45, 2.75) is 12.8 Å². The summed E-state index contributed by atoms with van der Waals surface area (Å²) in [6, 6.07) is 8.26. The van der Waals surface area contributed by atoms with Crippen molar-refractivity contribution in [2.75, 3.05) is 0 Å². The van der Waals surface area contributed by atoms with E-state index >= 15 is 0 Å². The number of para-hydroxylation sites is 1. The van der Waals surface area contributed by atoms with Gasteiger partial charge in [-0.15, -0.1) is 0 Å². The van der Waals surface area contributed by atoms with Gasteiger partial charge in [-0.2, -0.15) is 13.2 Å². The topological polar surface area (TPSA) is 29.5 Å². The molecule has 0 aromatic heterocycles. The monoisotopic (exact) mass is 286 g/mol. The lowest BCUT2D eigenvalue weighted by Gasteiger charge is -2.14. The summed E-state index contributed by atoms with van der Waals surface area (Å²) < 4.78 is 56.7. The molecule has 2 aromatic carbocycles. The number of benzene rings is 2. The molecule has 6 heteroatoms. The van der Waals surface area contributed by atoms with Crippen molar-refractivity contribution >= 4 is 0 Å². The number of alkyl halides is 3. The molecule has 0 saturated carbocycles. The van der Waals surface area contributed by atoms with Gasteiger partial charge in [0, 0.05) is 5.56 Å². The van der Waals surface area contributed by atoms with E-state index in [1.165, 1.54) is 18.2 Å². The number of phenolic OH excluding ortho intramolecular Hbond substituents is 1. The number of rotatable bonds is 3. The highest BCUT2D eigenvalue weighted by Gasteiger charge is 2.33. The Bertz CT molecular complexity index is 608. The van der Waals surface area contributed by atoms with E-state index in [4.69, 9.17) is 9.84 Å². The molecule has 2 rings (SSSR count). The van der Waals surface area contributed by atoms with Crippen LogP contribution in [0.2, 0.25) is 0 Å². The van der Waals surface area contributed by atoms with Gasteiger partial charge >= 0.3 is 6.18 Å². The highest BCUT2D eigenvalue weighted by atomic mass is 19.4. The summed E-state index contributed by atoms with van der Waals surface area (Å²) in [6.07, 6.45) is -4.62. The van der Waals surface area contributed by atoms with Crippen molar-refractivity contribution in [1.29, 1.82) is 0 Å². The Labute approximate surface area is 112 Å². The largest absolute Gasteiger partial charge is 0.508 e. The Morgan fingerprint density at radius 2 is 1.75 bits per heavy atom. The minimum Gasteiger partial charge on any atom is -0.508 e. The Kier molecular flexibility index (Phi) is 3.83. The highest BCUT2D eigenvalue weighted by Crippen LogP contribution is 2.34. The predicted octanol–water partition coefficient (Wildman–Crippen LogP) is 4.13. The molecule has 0 amide bonds. The molecule has 0 saturated heterocycles. The van der Waals surface area contributed by atoms with E-state index in [1.54, 1.807) is 0 Å². The zero-order chi connectivity index (χ0) is 14.8. The fourth-order valence-electron chi connectivity index (χ4n) is 1.67. The van der Waals surface area contributed by atoms with Crippen molar-refractivity contribution in [3.8, 4) is 11.5 Å². The van der Waals surface area contributed by atoms with Gasteiger partial charge in [-0.3, -0.25) is 0 Å². The third kappa shape index (κ3) is 3.20. The van der Waals surface area contributed by atoms with E-state index in [9.17, 15) is 17.6 Å². The second kappa shape index (κ2) is 5.40. The summed E-state index contributed by atoms with van der Waals surface area (Å²) in [4.78, 5) is 0. The van der Waals surface area contributed by atoms with Crippen LogP contribution in [0.15, 0.2) is 42.5 Å². The van der Waals surface area contributed by atoms with Crippen molar-refractivity contribution in [3.63, 3.8) is 0 Å². The molecule has 0 radical (unpaired) electrons. The standard InChI is InChI=1S/C14H10F4O2/c15-12-3-1-2-4-13(12)20-8-9-5-6-10(19)7-11(9)14(16,17)18/h1-7,19H,8H2. The molecule has 0 unspecified atom stereocenters. The summed E-state index contributed by atoms with van der Waals surface area (Å²) in [5.74, 6) is -1.28. The molecule has 2 aromatic rings. The van der Waals surface area contributed by atoms with Gasteiger partial charge in [0.15, 0.2) is 11.6 Å². The normalized spacial score (nSPS) is 11.4. The van der Waals surface area contributed by atoms with Crippen molar-refractivity contribution in [2.24, 2.45) is 0 Å². The molecule has 0 fully saturated rings. The first-order valence-electron chi connectivity index (χ1n) is 5.64. The summed E-state index contributed by atoms with van der Waals surface area (Å²) in [5, 5.41) is 9.13. The van der Waals surface area contributed by atoms with Crippen LogP contribution in [0.3, 0.4) is 0 Å². The molecule has 106 valence electrons. The van der Waals surface area contributed by atoms with Crippen LogP contribution in [0.25, 0.3) is 0 Å². The Morgan fingerprint density at radius 1 is 1.05 bits per heavy atom. The molecule has 0 bridgehead atoms. The van der Waals surface area contributed by atoms with E-state index in [0.717, 1.165) is 18.2 Å². The highest BCUT2D eigenvalue weighted by molar-refractivity contribution is 5.37. The fourth-order valence-corrected chi connectivity index (χ4v) is 1.67. The maximum Gasteiger partial charge on any atom is 0.416 e. The lowest BCUT2D eigenvalue weighted by atomic mass is 10.1. The van der Waals surface area contributed by atoms with E-state index in [-0.39, 0.29) is 11.3 Å². The smallest absolute Gasteiger partial charge is 0.416 e. The molecule has 0 aliphatic carbocycles. The van der Waals surface area contributed by atoms with E-state index in [0.29, 0.717) is 6.07 Å². The summed E-state index contributed by atoms with van der Waals surface area (Å²) >= 11 is 0. The van der Waals surface area contributed by atoms with Crippen molar-refractivity contribution in [3.05, 3.63) is 59.4 Å². The first-order chi connectivity index (χ1) is 9.38. The van der Waals surface area contributed by atoms with Gasteiger partial charge in [0.05, 0.1) is 5.56 Å². The third-order valence-corrected chi connectivity index (χ3v) is 2.62. The van der Waals surface area contributed by atoms with Gasteiger partial charge < -0.3 is 9.84 Å². The van der Waals surface area contributed by atoms with Gasteiger partial charge in [0.25, 0.3) is 0 Å². The van der Waals surface area contributed by atoms with E-state index < -0.39 is 29.9 Å². The van der Waals surface area contributed by atoms with Crippen LogP contribution in [-0.2, 0) is 12.8 Å². The van der Waals surface area contributed by atoms with E-state index in [1.807, 2.05) is 0 Å². The molecule has 1 N–H and O–H groups in total. The molecule has 0 aliphatic rings. The zero-order valence-corrected chi connectivity index (χ0v) is 10.1. The second-order valence-electron chi connectivity index (χ2n) is 4.06. The minimum absolute atomic E-state index is 0.131. The lowest BCUT2D eigenvalue weighted by Crippen LogP contribution is -2.11. The number of ether oxygens (including phenoxy) is 1. The lowest BCUT2D eigenvalue weighted by molar-refractivity contribution is -0.138. The average Bonchev–Trinajstić information content (AvgIpc) is 2.38. The van der Waals surface area contributed by atoms with Crippen LogP contribution in [0, 0.1) is 5.82 Å². The number of hydrogen-bond donors (Lipinski definition) is 1. The predicted molar refractivity (Wildman–Crippen MR) is 63.8 cm³/mol. The first-order valence-corrected chi connectivity index (χ1v) is 5.64. The maximum atomic E-state index is 13.3. The molecule has 0 aliphatic heterocycles. The quantitative estimate of drug-likeness (QED) is 0.860. The summed E-state index contributed by atoms with van der Waals surface area (Å²) in [5.41, 5.74) is -1.19. The molecule has 0 spiro atoms. The van der Waals surface area contributed by atoms with Crippen LogP contribution >= 0.6 is 0 Å². The van der Waals surface area contributed by atoms with Crippen LogP contribution < -0.4 is 4.74 Å². The first kappa shape index (κ1) is 14.2. The maximum absolute atomic E-state index is 13.3. The number of aromatic hydroxyl groups is 1. The molecule has 2 nitrogen and oxygen atoms in total. The van der Waals surface area contributed by atoms with E-state index in [2.05, 4.69) is 0 Å². The molecule has 0 atom stereocenters. The van der Waals surface area contributed by atoms with Gasteiger partial charge in [-0.25, -0.2) is 4.39 Å². The number of halogens is 4. The van der Waals surface area contributed by atoms with Gasteiger partial charge in [0.2, 0.25) is 0 Å². The third-order valence-electron chi connectivity index (χ3n) is 2.62. The zero-order valence-electron chi connectivity index (χ0n) is 10.1. The molecular weight excluding hydrogens is 276 g/mol. The molecular formula is C14H10F4O2. The SMILES string of the molecule is Oc1ccc(COc2ccccc2F)c(C(F)(F)F)c1. The van der Waals surface area contributed by atoms with Gasteiger partial charge in [0.1, 0.15) is 12.4 Å². The van der Waals surface area contributed by atoms with Gasteiger partial charge in [-0.1, -0.05) is 18.2 Å². The van der Waals surface area contributed by atoms with Crippen LogP contribution in [0.5, 0.6) is 11.5 Å². The van der Waals surface area contributed by atoms with Crippen LogP contribution in [0.1, 0.15) is 11.1 Å². The minimum atomic E-state index is -4.62. The Hall–Kier alpha value is -2.24. The van der Waals surface area contributed by atoms with Crippen molar-refractivity contribution < 1.29 is 27.4 Å². The average molecular weight is 286 g/mol. The van der Waals surface area contributed by atoms with Crippen LogP contribution in [-0.4, -0.2) is 5.11 Å². The van der Waals surface area contributed by atoms with Crippen LogP contribution in [0.4, 0.5) is 17.6 Å². The molecule has 0 heterocycles.